The molecule has 0 aromatic heterocycles. The number of rotatable bonds is 8. The van der Waals surface area contributed by atoms with Gasteiger partial charge in [0.05, 0.1) is 4.90 Å². The minimum absolute atomic E-state index is 0.263. The van der Waals surface area contributed by atoms with E-state index < -0.39 is 10.0 Å². The Bertz CT molecular complexity index is 557. The number of benzene rings is 1. The van der Waals surface area contributed by atoms with Crippen LogP contribution < -0.4 is 0 Å². The van der Waals surface area contributed by atoms with Gasteiger partial charge in [0.1, 0.15) is 0 Å². The molecule has 1 aromatic carbocycles. The third kappa shape index (κ3) is 4.68. The summed E-state index contributed by atoms with van der Waals surface area (Å²) in [6.07, 6.45) is 0. The first-order valence-electron chi connectivity index (χ1n) is 7.35. The third-order valence-corrected chi connectivity index (χ3v) is 6.07. The summed E-state index contributed by atoms with van der Waals surface area (Å²) < 4.78 is 26.8. The Morgan fingerprint density at radius 1 is 1.05 bits per heavy atom. The van der Waals surface area contributed by atoms with Crippen LogP contribution in [0, 0.1) is 6.92 Å². The van der Waals surface area contributed by atoms with Gasteiger partial charge in [-0.05, 0) is 37.7 Å². The molecule has 4 nitrogen and oxygen atoms in total. The molecule has 21 heavy (non-hydrogen) atoms. The van der Waals surface area contributed by atoms with Crippen molar-refractivity contribution in [3.05, 3.63) is 28.8 Å². The first-order valence-corrected chi connectivity index (χ1v) is 9.17. The van der Waals surface area contributed by atoms with Crippen LogP contribution in [0.5, 0.6) is 0 Å². The first kappa shape index (κ1) is 18.4. The molecular formula is C15H25ClN2O2S. The second-order valence-electron chi connectivity index (χ2n) is 4.93. The van der Waals surface area contributed by atoms with Gasteiger partial charge in [-0.2, -0.15) is 4.31 Å². The number of sulfonamides is 1. The fourth-order valence-corrected chi connectivity index (χ4v) is 3.84. The van der Waals surface area contributed by atoms with E-state index in [4.69, 9.17) is 11.6 Å². The molecule has 0 fully saturated rings. The minimum atomic E-state index is -3.48. The van der Waals surface area contributed by atoms with Gasteiger partial charge in [-0.25, -0.2) is 8.42 Å². The van der Waals surface area contributed by atoms with E-state index in [-0.39, 0.29) is 4.90 Å². The highest BCUT2D eigenvalue weighted by Gasteiger charge is 2.23. The van der Waals surface area contributed by atoms with Gasteiger partial charge in [0, 0.05) is 24.7 Å². The van der Waals surface area contributed by atoms with E-state index in [1.165, 1.54) is 10.4 Å². The number of halogens is 1. The molecule has 0 saturated carbocycles. The van der Waals surface area contributed by atoms with Crippen molar-refractivity contribution in [1.29, 1.82) is 0 Å². The van der Waals surface area contributed by atoms with Gasteiger partial charge < -0.3 is 4.90 Å². The molecule has 0 aliphatic carbocycles. The van der Waals surface area contributed by atoms with E-state index in [2.05, 4.69) is 18.7 Å². The van der Waals surface area contributed by atoms with Crippen LogP contribution in [0.25, 0.3) is 0 Å². The number of nitrogens with zero attached hydrogens (tertiary/aromatic N) is 2. The minimum Gasteiger partial charge on any atom is -0.303 e. The smallest absolute Gasteiger partial charge is 0.243 e. The van der Waals surface area contributed by atoms with Gasteiger partial charge in [0.25, 0.3) is 0 Å². The molecule has 0 unspecified atom stereocenters. The molecule has 0 atom stereocenters. The summed E-state index contributed by atoms with van der Waals surface area (Å²) in [4.78, 5) is 2.47. The number of likely N-dealkylation sites (N-methyl/N-ethyl adjacent to an activating group) is 2. The largest absolute Gasteiger partial charge is 0.303 e. The zero-order chi connectivity index (χ0) is 16.0. The molecule has 120 valence electrons. The SMILES string of the molecule is CCN(CC)CCN(CC)S(=O)(=O)c1ccc(C)c(Cl)c1. The standard InChI is InChI=1S/C15H25ClN2O2S/c1-5-17(6-2)10-11-18(7-3)21(19,20)14-9-8-13(4)15(16)12-14/h8-9,12H,5-7,10-11H2,1-4H3. The average molecular weight is 333 g/mol. The van der Waals surface area contributed by atoms with Crippen molar-refractivity contribution in [3.63, 3.8) is 0 Å². The molecule has 0 amide bonds. The van der Waals surface area contributed by atoms with E-state index in [0.717, 1.165) is 25.2 Å². The van der Waals surface area contributed by atoms with Crippen molar-refractivity contribution in [2.45, 2.75) is 32.6 Å². The molecule has 0 spiro atoms. The molecule has 6 heteroatoms. The van der Waals surface area contributed by atoms with Crippen molar-refractivity contribution in [2.75, 3.05) is 32.7 Å². The zero-order valence-electron chi connectivity index (χ0n) is 13.3. The predicted octanol–water partition coefficient (Wildman–Crippen LogP) is 3.00. The van der Waals surface area contributed by atoms with Crippen LogP contribution in [-0.4, -0.2) is 50.3 Å². The fourth-order valence-electron chi connectivity index (χ4n) is 2.12. The van der Waals surface area contributed by atoms with Crippen LogP contribution in [0.2, 0.25) is 5.02 Å². The van der Waals surface area contributed by atoms with Gasteiger partial charge >= 0.3 is 0 Å². The molecule has 0 radical (unpaired) electrons. The second-order valence-corrected chi connectivity index (χ2v) is 7.28. The molecule has 0 aliphatic heterocycles. The maximum atomic E-state index is 12.7. The first-order chi connectivity index (χ1) is 9.86. The Hall–Kier alpha value is -0.620. The number of hydrogen-bond donors (Lipinski definition) is 0. The maximum Gasteiger partial charge on any atom is 0.243 e. The van der Waals surface area contributed by atoms with Crippen LogP contribution in [0.3, 0.4) is 0 Å². The van der Waals surface area contributed by atoms with Crippen molar-refractivity contribution in [1.82, 2.24) is 9.21 Å². The van der Waals surface area contributed by atoms with Crippen molar-refractivity contribution < 1.29 is 8.42 Å². The zero-order valence-corrected chi connectivity index (χ0v) is 14.8. The van der Waals surface area contributed by atoms with Crippen LogP contribution in [-0.2, 0) is 10.0 Å². The summed E-state index contributed by atoms with van der Waals surface area (Å²) in [7, 11) is -3.48. The summed E-state index contributed by atoms with van der Waals surface area (Å²) in [6, 6.07) is 4.90. The lowest BCUT2D eigenvalue weighted by Crippen LogP contribution is -2.38. The van der Waals surface area contributed by atoms with Crippen molar-refractivity contribution in [3.8, 4) is 0 Å². The topological polar surface area (TPSA) is 40.6 Å². The normalized spacial score (nSPS) is 12.3. The van der Waals surface area contributed by atoms with Gasteiger partial charge in [-0.3, -0.25) is 0 Å². The number of hydrogen-bond acceptors (Lipinski definition) is 3. The summed E-state index contributed by atoms with van der Waals surface area (Å²) in [6.45, 7) is 11.4. The molecule has 1 rings (SSSR count). The Labute approximate surface area is 133 Å². The average Bonchev–Trinajstić information content (AvgIpc) is 2.46. The van der Waals surface area contributed by atoms with E-state index >= 15 is 0 Å². The van der Waals surface area contributed by atoms with E-state index in [9.17, 15) is 8.42 Å². The second kappa shape index (κ2) is 8.13. The van der Waals surface area contributed by atoms with Gasteiger partial charge in [-0.15, -0.1) is 0 Å². The highest BCUT2D eigenvalue weighted by molar-refractivity contribution is 7.89. The lowest BCUT2D eigenvalue weighted by molar-refractivity contribution is 0.274. The van der Waals surface area contributed by atoms with Gasteiger partial charge in [-0.1, -0.05) is 38.4 Å². The lowest BCUT2D eigenvalue weighted by atomic mass is 10.2. The van der Waals surface area contributed by atoms with Crippen molar-refractivity contribution in [2.24, 2.45) is 0 Å². The number of aryl methyl sites for hydroxylation is 1. The maximum absolute atomic E-state index is 12.7. The molecule has 1 aromatic rings. The molecular weight excluding hydrogens is 308 g/mol. The Morgan fingerprint density at radius 2 is 1.67 bits per heavy atom. The van der Waals surface area contributed by atoms with Crippen LogP contribution in [0.1, 0.15) is 26.3 Å². The van der Waals surface area contributed by atoms with E-state index in [1.807, 2.05) is 13.8 Å². The molecule has 0 heterocycles. The van der Waals surface area contributed by atoms with Crippen LogP contribution >= 0.6 is 11.6 Å². The summed E-state index contributed by atoms with van der Waals surface area (Å²) >= 11 is 6.05. The quantitative estimate of drug-likeness (QED) is 0.734. The summed E-state index contributed by atoms with van der Waals surface area (Å²) in [5, 5.41) is 0.482. The highest BCUT2D eigenvalue weighted by atomic mass is 35.5. The van der Waals surface area contributed by atoms with Crippen LogP contribution in [0.15, 0.2) is 23.1 Å². The van der Waals surface area contributed by atoms with E-state index in [1.54, 1.807) is 12.1 Å². The molecule has 0 aliphatic rings. The highest BCUT2D eigenvalue weighted by Crippen LogP contribution is 2.22. The predicted molar refractivity (Wildman–Crippen MR) is 88.4 cm³/mol. The van der Waals surface area contributed by atoms with Gasteiger partial charge in [0.15, 0.2) is 0 Å². The lowest BCUT2D eigenvalue weighted by Gasteiger charge is -2.25. The van der Waals surface area contributed by atoms with Crippen molar-refractivity contribution >= 4 is 21.6 Å². The summed E-state index contributed by atoms with van der Waals surface area (Å²) in [5.41, 5.74) is 0.877. The summed E-state index contributed by atoms with van der Waals surface area (Å²) in [5.74, 6) is 0. The van der Waals surface area contributed by atoms with E-state index in [0.29, 0.717) is 18.1 Å². The monoisotopic (exact) mass is 332 g/mol. The Morgan fingerprint density at radius 3 is 2.14 bits per heavy atom. The molecule has 0 bridgehead atoms. The molecule has 0 N–H and O–H groups in total. The van der Waals surface area contributed by atoms with Gasteiger partial charge in [0.2, 0.25) is 10.0 Å². The Kier molecular flexibility index (Phi) is 7.13. The molecule has 0 saturated heterocycles. The Balaban J connectivity index is 2.94. The third-order valence-electron chi connectivity index (χ3n) is 3.69. The van der Waals surface area contributed by atoms with Crippen LogP contribution in [0.4, 0.5) is 0 Å². The fraction of sp³-hybridized carbons (Fsp3) is 0.600.